The Bertz CT molecular complexity index is 64.0. The molecule has 0 bridgehead atoms. The standard InChI is InChI=1S/C4H4O.Cr/c1-2-4-5-3-1;/h1-4H;/q;+6. The van der Waals surface area contributed by atoms with E-state index < -0.39 is 0 Å². The van der Waals surface area contributed by atoms with Gasteiger partial charge in [-0.2, -0.15) is 0 Å². The summed E-state index contributed by atoms with van der Waals surface area (Å²) in [6.45, 7) is 0. The molecule has 0 N–H and O–H groups in total. The summed E-state index contributed by atoms with van der Waals surface area (Å²) in [5.74, 6) is 0. The van der Waals surface area contributed by atoms with Crippen molar-refractivity contribution in [2.45, 2.75) is 0 Å². The van der Waals surface area contributed by atoms with Crippen LogP contribution in [0.15, 0.2) is 29.1 Å². The number of hydrogen-bond acceptors (Lipinski definition) is 1. The Morgan fingerprint density at radius 1 is 1.00 bits per heavy atom. The molecule has 0 fully saturated rings. The van der Waals surface area contributed by atoms with E-state index in [0.717, 1.165) is 0 Å². The Labute approximate surface area is 47.1 Å². The second-order valence-electron chi connectivity index (χ2n) is 0.793. The van der Waals surface area contributed by atoms with Crippen LogP contribution in [-0.4, -0.2) is 0 Å². The molecule has 0 aliphatic carbocycles. The van der Waals surface area contributed by atoms with Crippen molar-refractivity contribution in [3.8, 4) is 0 Å². The topological polar surface area (TPSA) is 13.1 Å². The van der Waals surface area contributed by atoms with Crippen molar-refractivity contribution in [1.82, 2.24) is 0 Å². The molecular formula is C4H4CrO+6. The van der Waals surface area contributed by atoms with Crippen LogP contribution < -0.4 is 0 Å². The zero-order chi connectivity index (χ0) is 3.54. The number of rotatable bonds is 0. The molecule has 0 amide bonds. The minimum atomic E-state index is 0. The van der Waals surface area contributed by atoms with E-state index in [1.807, 2.05) is 12.1 Å². The Hall–Kier alpha value is -0.188. The first-order valence-electron chi connectivity index (χ1n) is 1.47. The normalized spacial score (nSPS) is 6.67. The van der Waals surface area contributed by atoms with Crippen molar-refractivity contribution in [3.63, 3.8) is 0 Å². The van der Waals surface area contributed by atoms with Crippen LogP contribution in [0.25, 0.3) is 0 Å². The molecule has 0 spiro atoms. The van der Waals surface area contributed by atoms with Gasteiger partial charge in [-0.3, -0.25) is 0 Å². The minimum Gasteiger partial charge on any atom is -0.473 e. The molecule has 1 heterocycles. The van der Waals surface area contributed by atoms with Gasteiger partial charge in [0, 0.05) is 0 Å². The smallest absolute Gasteiger partial charge is 0.473 e. The minimum absolute atomic E-state index is 0. The van der Waals surface area contributed by atoms with E-state index in [9.17, 15) is 0 Å². The largest absolute Gasteiger partial charge is 6.00 e. The van der Waals surface area contributed by atoms with E-state index in [2.05, 4.69) is 4.42 Å². The van der Waals surface area contributed by atoms with Crippen LogP contribution >= 0.6 is 0 Å². The number of furan rings is 1. The van der Waals surface area contributed by atoms with Crippen molar-refractivity contribution in [1.29, 1.82) is 0 Å². The predicted octanol–water partition coefficient (Wildman–Crippen LogP) is 1.28. The molecule has 1 aromatic rings. The molecule has 0 aromatic carbocycles. The summed E-state index contributed by atoms with van der Waals surface area (Å²) < 4.78 is 4.58. The summed E-state index contributed by atoms with van der Waals surface area (Å²) >= 11 is 0. The molecule has 0 saturated carbocycles. The summed E-state index contributed by atoms with van der Waals surface area (Å²) in [5.41, 5.74) is 0. The van der Waals surface area contributed by atoms with Gasteiger partial charge in [0.1, 0.15) is 0 Å². The van der Waals surface area contributed by atoms with Gasteiger partial charge in [-0.25, -0.2) is 0 Å². The van der Waals surface area contributed by atoms with Gasteiger partial charge in [-0.1, -0.05) is 0 Å². The summed E-state index contributed by atoms with van der Waals surface area (Å²) in [7, 11) is 0. The van der Waals surface area contributed by atoms with Crippen LogP contribution in [0.5, 0.6) is 0 Å². The van der Waals surface area contributed by atoms with E-state index in [1.165, 1.54) is 0 Å². The van der Waals surface area contributed by atoms with E-state index in [-0.39, 0.29) is 17.4 Å². The zero-order valence-electron chi connectivity index (χ0n) is 3.13. The first-order chi connectivity index (χ1) is 2.50. The maximum Gasteiger partial charge on any atom is 6.00 e. The van der Waals surface area contributed by atoms with Crippen molar-refractivity contribution < 1.29 is 21.8 Å². The molecule has 0 atom stereocenters. The Kier molecular flexibility index (Phi) is 2.93. The molecule has 1 aromatic heterocycles. The summed E-state index contributed by atoms with van der Waals surface area (Å²) in [6, 6.07) is 3.67. The Morgan fingerprint density at radius 3 is 1.67 bits per heavy atom. The summed E-state index contributed by atoms with van der Waals surface area (Å²) in [4.78, 5) is 0. The molecule has 0 saturated heterocycles. The molecular weight excluding hydrogens is 116 g/mol. The fourth-order valence-corrected chi connectivity index (χ4v) is 0.227. The second kappa shape index (κ2) is 3.02. The first kappa shape index (κ1) is 5.81. The molecule has 6 heavy (non-hydrogen) atoms. The third kappa shape index (κ3) is 1.30. The fraction of sp³-hybridized carbons (Fsp3) is 0. The fourth-order valence-electron chi connectivity index (χ4n) is 0.227. The van der Waals surface area contributed by atoms with Crippen molar-refractivity contribution in [2.24, 2.45) is 0 Å². The maximum atomic E-state index is 4.58. The first-order valence-corrected chi connectivity index (χ1v) is 1.47. The van der Waals surface area contributed by atoms with Gasteiger partial charge in [0.15, 0.2) is 0 Å². The van der Waals surface area contributed by atoms with Gasteiger partial charge in [-0.05, 0) is 12.1 Å². The Morgan fingerprint density at radius 2 is 1.50 bits per heavy atom. The zero-order valence-corrected chi connectivity index (χ0v) is 4.40. The average Bonchev–Trinajstić information content (AvgIpc) is 1.76. The van der Waals surface area contributed by atoms with E-state index >= 15 is 0 Å². The van der Waals surface area contributed by atoms with Gasteiger partial charge >= 0.3 is 17.4 Å². The molecule has 1 nitrogen and oxygen atoms in total. The van der Waals surface area contributed by atoms with E-state index in [4.69, 9.17) is 0 Å². The molecule has 0 aliphatic rings. The van der Waals surface area contributed by atoms with Crippen molar-refractivity contribution in [2.75, 3.05) is 0 Å². The van der Waals surface area contributed by atoms with Gasteiger partial charge in [-0.15, -0.1) is 0 Å². The van der Waals surface area contributed by atoms with Crippen LogP contribution in [0.4, 0.5) is 0 Å². The van der Waals surface area contributed by atoms with Crippen LogP contribution in [0.2, 0.25) is 0 Å². The quantitative estimate of drug-likeness (QED) is 0.502. The molecule has 0 unspecified atom stereocenters. The molecule has 0 aliphatic heterocycles. The van der Waals surface area contributed by atoms with Crippen LogP contribution in [0.1, 0.15) is 0 Å². The van der Waals surface area contributed by atoms with Crippen LogP contribution in [0, 0.1) is 0 Å². The summed E-state index contributed by atoms with van der Waals surface area (Å²) in [5, 5.41) is 0. The van der Waals surface area contributed by atoms with Crippen LogP contribution in [0.3, 0.4) is 0 Å². The second-order valence-corrected chi connectivity index (χ2v) is 0.793. The molecule has 0 radical (unpaired) electrons. The van der Waals surface area contributed by atoms with Crippen molar-refractivity contribution in [3.05, 3.63) is 24.7 Å². The van der Waals surface area contributed by atoms with Gasteiger partial charge in [0.05, 0.1) is 12.5 Å². The van der Waals surface area contributed by atoms with Gasteiger partial charge < -0.3 is 4.42 Å². The SMILES string of the molecule is [Cr+6].c1ccoc1. The molecule has 26 valence electrons. The van der Waals surface area contributed by atoms with Gasteiger partial charge in [0.2, 0.25) is 0 Å². The van der Waals surface area contributed by atoms with E-state index in [1.54, 1.807) is 12.5 Å². The number of hydrogen-bond donors (Lipinski definition) is 0. The maximum absolute atomic E-state index is 4.58. The summed E-state index contributed by atoms with van der Waals surface area (Å²) in [6.07, 6.45) is 3.25. The molecule has 2 heteroatoms. The Balaban J connectivity index is 0.000000250. The third-order valence-corrected chi connectivity index (χ3v) is 0.425. The average molecular weight is 120 g/mol. The van der Waals surface area contributed by atoms with Crippen molar-refractivity contribution >= 4 is 0 Å². The van der Waals surface area contributed by atoms with Gasteiger partial charge in [0.25, 0.3) is 0 Å². The molecule has 1 rings (SSSR count). The van der Waals surface area contributed by atoms with Crippen LogP contribution in [-0.2, 0) is 17.4 Å². The predicted molar refractivity (Wildman–Crippen MR) is 18.7 cm³/mol. The van der Waals surface area contributed by atoms with E-state index in [0.29, 0.717) is 0 Å². The monoisotopic (exact) mass is 120 g/mol. The third-order valence-electron chi connectivity index (χ3n) is 0.425.